The Hall–Kier alpha value is -2.56. The van der Waals surface area contributed by atoms with Crippen LogP contribution in [0.3, 0.4) is 0 Å². The third-order valence-corrected chi connectivity index (χ3v) is 2.47. The number of benzene rings is 1. The minimum Gasteiger partial charge on any atom is -0.496 e. The molecule has 0 fully saturated rings. The van der Waals surface area contributed by atoms with Gasteiger partial charge >= 0.3 is 0 Å². The lowest BCUT2D eigenvalue weighted by atomic mass is 10.2. The molecule has 2 rings (SSSR count). The number of furan rings is 1. The quantitative estimate of drug-likeness (QED) is 0.676. The van der Waals surface area contributed by atoms with Gasteiger partial charge < -0.3 is 9.15 Å². The highest BCUT2D eigenvalue weighted by Crippen LogP contribution is 2.16. The molecule has 0 saturated heterocycles. The van der Waals surface area contributed by atoms with E-state index in [4.69, 9.17) is 9.15 Å². The Morgan fingerprint density at radius 2 is 2.11 bits per heavy atom. The fourth-order valence-corrected chi connectivity index (χ4v) is 1.57. The number of hydrogen-bond acceptors (Lipinski definition) is 4. The number of aryl methyl sites for hydroxylation is 1. The number of nitrogens with zero attached hydrogens (tertiary/aromatic N) is 1. The van der Waals surface area contributed by atoms with Crippen molar-refractivity contribution in [2.75, 3.05) is 7.11 Å². The third-order valence-electron chi connectivity index (χ3n) is 2.47. The number of ether oxygens (including phenoxy) is 1. The van der Waals surface area contributed by atoms with Crippen molar-refractivity contribution in [2.24, 2.45) is 5.10 Å². The largest absolute Gasteiger partial charge is 0.496 e. The lowest BCUT2D eigenvalue weighted by Crippen LogP contribution is -2.18. The van der Waals surface area contributed by atoms with Crippen LogP contribution >= 0.6 is 0 Å². The molecule has 0 bridgehead atoms. The van der Waals surface area contributed by atoms with Gasteiger partial charge in [0.25, 0.3) is 5.91 Å². The molecule has 5 nitrogen and oxygen atoms in total. The van der Waals surface area contributed by atoms with Gasteiger partial charge in [-0.25, -0.2) is 5.43 Å². The van der Waals surface area contributed by atoms with Gasteiger partial charge in [0.15, 0.2) is 0 Å². The Kier molecular flexibility index (Phi) is 3.97. The first-order valence-electron chi connectivity index (χ1n) is 5.73. The fourth-order valence-electron chi connectivity index (χ4n) is 1.57. The number of hydrazone groups is 1. The van der Waals surface area contributed by atoms with Gasteiger partial charge in [0.2, 0.25) is 0 Å². The first kappa shape index (κ1) is 12.9. The van der Waals surface area contributed by atoms with Crippen LogP contribution in [0, 0.1) is 6.92 Å². The van der Waals surface area contributed by atoms with Crippen LogP contribution in [0.1, 0.15) is 21.9 Å². The zero-order chi connectivity index (χ0) is 13.7. The lowest BCUT2D eigenvalue weighted by Gasteiger charge is -2.05. The Balaban J connectivity index is 2.03. The molecule has 1 amide bonds. The van der Waals surface area contributed by atoms with Crippen molar-refractivity contribution >= 4 is 12.1 Å². The maximum absolute atomic E-state index is 11.9. The topological polar surface area (TPSA) is 63.8 Å². The van der Waals surface area contributed by atoms with Crippen LogP contribution < -0.4 is 10.2 Å². The van der Waals surface area contributed by atoms with E-state index in [0.717, 1.165) is 5.76 Å². The number of carbonyl (C=O) groups excluding carboxylic acids is 1. The summed E-state index contributed by atoms with van der Waals surface area (Å²) in [6.07, 6.45) is 1.44. The second kappa shape index (κ2) is 5.86. The summed E-state index contributed by atoms with van der Waals surface area (Å²) in [5, 5.41) is 3.83. The molecule has 0 aliphatic heterocycles. The fraction of sp³-hybridized carbons (Fsp3) is 0.143. The Morgan fingerprint density at radius 1 is 1.32 bits per heavy atom. The number of methoxy groups -OCH3 is 1. The summed E-state index contributed by atoms with van der Waals surface area (Å²) < 4.78 is 10.4. The first-order chi connectivity index (χ1) is 9.20. The van der Waals surface area contributed by atoms with Crippen LogP contribution in [0.25, 0.3) is 0 Å². The van der Waals surface area contributed by atoms with Gasteiger partial charge in [0.05, 0.1) is 18.9 Å². The summed E-state index contributed by atoms with van der Waals surface area (Å²) in [7, 11) is 1.51. The lowest BCUT2D eigenvalue weighted by molar-refractivity contribution is 0.0952. The molecule has 0 spiro atoms. The van der Waals surface area contributed by atoms with Gasteiger partial charge in [0.1, 0.15) is 17.3 Å². The van der Waals surface area contributed by atoms with Crippen LogP contribution in [0.15, 0.2) is 45.9 Å². The zero-order valence-corrected chi connectivity index (χ0v) is 10.7. The standard InChI is InChI=1S/C14H14N2O3/c1-10-7-8-11(19-10)9-15-16-14(17)12-5-3-4-6-13(12)18-2/h3-9H,1-2H3,(H,16,17)/b15-9-. The van der Waals surface area contributed by atoms with Crippen molar-refractivity contribution in [1.82, 2.24) is 5.43 Å². The van der Waals surface area contributed by atoms with E-state index in [1.54, 1.807) is 30.3 Å². The van der Waals surface area contributed by atoms with Crippen molar-refractivity contribution in [3.63, 3.8) is 0 Å². The minimum absolute atomic E-state index is 0.336. The van der Waals surface area contributed by atoms with Gasteiger partial charge in [-0.2, -0.15) is 5.10 Å². The second-order valence-electron chi connectivity index (χ2n) is 3.85. The van der Waals surface area contributed by atoms with E-state index in [2.05, 4.69) is 10.5 Å². The highest BCUT2D eigenvalue weighted by Gasteiger charge is 2.09. The minimum atomic E-state index is -0.336. The molecule has 0 unspecified atom stereocenters. The summed E-state index contributed by atoms with van der Waals surface area (Å²) in [5.74, 6) is 1.54. The van der Waals surface area contributed by atoms with Crippen LogP contribution in [0.5, 0.6) is 5.75 Å². The predicted octanol–water partition coefficient (Wildman–Crippen LogP) is 2.36. The monoisotopic (exact) mass is 258 g/mol. The number of hydrogen-bond donors (Lipinski definition) is 1. The van der Waals surface area contributed by atoms with Gasteiger partial charge in [-0.3, -0.25) is 4.79 Å². The highest BCUT2D eigenvalue weighted by atomic mass is 16.5. The van der Waals surface area contributed by atoms with Crippen LogP contribution in [-0.4, -0.2) is 19.2 Å². The smallest absolute Gasteiger partial charge is 0.275 e. The number of amides is 1. The van der Waals surface area contributed by atoms with Gasteiger partial charge in [-0.05, 0) is 31.2 Å². The summed E-state index contributed by atoms with van der Waals surface area (Å²) >= 11 is 0. The molecule has 0 atom stereocenters. The van der Waals surface area contributed by atoms with E-state index in [0.29, 0.717) is 17.1 Å². The first-order valence-corrected chi connectivity index (χ1v) is 5.73. The summed E-state index contributed by atoms with van der Waals surface area (Å²) in [5.41, 5.74) is 2.85. The second-order valence-corrected chi connectivity index (χ2v) is 3.85. The molecule has 98 valence electrons. The number of rotatable bonds is 4. The van der Waals surface area contributed by atoms with Crippen LogP contribution in [-0.2, 0) is 0 Å². The Labute approximate surface area is 110 Å². The molecule has 1 aromatic heterocycles. The molecule has 1 aromatic carbocycles. The summed E-state index contributed by atoms with van der Waals surface area (Å²) in [4.78, 5) is 11.9. The van der Waals surface area contributed by atoms with Crippen LogP contribution in [0.2, 0.25) is 0 Å². The normalized spacial score (nSPS) is 10.6. The van der Waals surface area contributed by atoms with E-state index in [-0.39, 0.29) is 5.91 Å². The molecule has 0 aliphatic rings. The molecule has 0 aliphatic carbocycles. The maximum Gasteiger partial charge on any atom is 0.275 e. The van der Waals surface area contributed by atoms with Crippen molar-refractivity contribution in [1.29, 1.82) is 0 Å². The molecule has 1 heterocycles. The van der Waals surface area contributed by atoms with Gasteiger partial charge in [-0.1, -0.05) is 12.1 Å². The SMILES string of the molecule is COc1ccccc1C(=O)N/N=C\c1ccc(C)o1. The highest BCUT2D eigenvalue weighted by molar-refractivity contribution is 5.97. The van der Waals surface area contributed by atoms with Gasteiger partial charge in [0, 0.05) is 0 Å². The summed E-state index contributed by atoms with van der Waals surface area (Å²) in [6, 6.07) is 10.5. The molecule has 0 saturated carbocycles. The maximum atomic E-state index is 11.9. The van der Waals surface area contributed by atoms with Gasteiger partial charge in [-0.15, -0.1) is 0 Å². The molecule has 1 N–H and O–H groups in total. The average molecular weight is 258 g/mol. The molecule has 5 heteroatoms. The van der Waals surface area contributed by atoms with Crippen molar-refractivity contribution in [2.45, 2.75) is 6.92 Å². The van der Waals surface area contributed by atoms with E-state index >= 15 is 0 Å². The van der Waals surface area contributed by atoms with Crippen LogP contribution in [0.4, 0.5) is 0 Å². The predicted molar refractivity (Wildman–Crippen MR) is 71.5 cm³/mol. The Morgan fingerprint density at radius 3 is 2.79 bits per heavy atom. The third kappa shape index (κ3) is 3.22. The molecular formula is C14H14N2O3. The Bertz CT molecular complexity index is 602. The number of nitrogens with one attached hydrogen (secondary N) is 1. The van der Waals surface area contributed by atoms with E-state index in [9.17, 15) is 4.79 Å². The molecular weight excluding hydrogens is 244 g/mol. The molecule has 19 heavy (non-hydrogen) atoms. The van der Waals surface area contributed by atoms with E-state index in [1.807, 2.05) is 13.0 Å². The zero-order valence-electron chi connectivity index (χ0n) is 10.7. The van der Waals surface area contributed by atoms with E-state index < -0.39 is 0 Å². The molecule has 0 radical (unpaired) electrons. The number of carbonyl (C=O) groups is 1. The van der Waals surface area contributed by atoms with Crippen molar-refractivity contribution < 1.29 is 13.9 Å². The summed E-state index contributed by atoms with van der Waals surface area (Å²) in [6.45, 7) is 1.84. The van der Waals surface area contributed by atoms with E-state index in [1.165, 1.54) is 13.3 Å². The number of para-hydroxylation sites is 1. The molecule has 2 aromatic rings. The van der Waals surface area contributed by atoms with Crippen molar-refractivity contribution in [3.05, 3.63) is 53.5 Å². The average Bonchev–Trinajstić information content (AvgIpc) is 2.84. The van der Waals surface area contributed by atoms with Crippen molar-refractivity contribution in [3.8, 4) is 5.75 Å².